The number of carbonyl (C=O) groups is 2. The van der Waals surface area contributed by atoms with Crippen molar-refractivity contribution in [3.8, 4) is 0 Å². The molecule has 0 aromatic heterocycles. The molecular weight excluding hydrogens is 222 g/mol. The smallest absolute Gasteiger partial charge is 0.319 e. The summed E-state index contributed by atoms with van der Waals surface area (Å²) in [6.45, 7) is 6.45. The molecule has 0 rings (SSSR count). The van der Waals surface area contributed by atoms with Crippen molar-refractivity contribution in [3.63, 3.8) is 0 Å². The average molecular weight is 245 g/mol. The standard InChI is InChI=1S/C12H23NO4/c1-12(2,3)17-10(14)7-5-6-8-13-9-11(15)16-4/h13H,5-9H2,1-4H3. The van der Waals surface area contributed by atoms with E-state index in [1.807, 2.05) is 20.8 Å². The fraction of sp³-hybridized carbons (Fsp3) is 0.833. The largest absolute Gasteiger partial charge is 0.468 e. The van der Waals surface area contributed by atoms with E-state index in [9.17, 15) is 9.59 Å². The van der Waals surface area contributed by atoms with Crippen molar-refractivity contribution >= 4 is 11.9 Å². The molecule has 0 aliphatic rings. The van der Waals surface area contributed by atoms with Crippen LogP contribution in [-0.2, 0) is 19.1 Å². The van der Waals surface area contributed by atoms with Gasteiger partial charge in [0.15, 0.2) is 0 Å². The molecule has 0 unspecified atom stereocenters. The second kappa shape index (κ2) is 8.06. The maximum atomic E-state index is 11.3. The van der Waals surface area contributed by atoms with Crippen molar-refractivity contribution in [2.75, 3.05) is 20.2 Å². The molecule has 0 aromatic rings. The summed E-state index contributed by atoms with van der Waals surface area (Å²) in [5, 5.41) is 2.93. The van der Waals surface area contributed by atoms with Crippen LogP contribution in [0.1, 0.15) is 40.0 Å². The Hall–Kier alpha value is -1.10. The molecule has 0 radical (unpaired) electrons. The Bertz CT molecular complexity index is 245. The van der Waals surface area contributed by atoms with E-state index in [1.165, 1.54) is 7.11 Å². The highest BCUT2D eigenvalue weighted by molar-refractivity contribution is 5.71. The molecule has 0 atom stereocenters. The molecule has 0 amide bonds. The Morgan fingerprint density at radius 3 is 2.29 bits per heavy atom. The van der Waals surface area contributed by atoms with Gasteiger partial charge in [-0.1, -0.05) is 0 Å². The normalized spacial score (nSPS) is 11.1. The number of carbonyl (C=O) groups excluding carboxylic acids is 2. The molecular formula is C12H23NO4. The maximum absolute atomic E-state index is 11.3. The lowest BCUT2D eigenvalue weighted by molar-refractivity contribution is -0.155. The number of hydrogen-bond acceptors (Lipinski definition) is 5. The summed E-state index contributed by atoms with van der Waals surface area (Å²) < 4.78 is 9.64. The quantitative estimate of drug-likeness (QED) is 0.540. The molecule has 0 spiro atoms. The van der Waals surface area contributed by atoms with Crippen LogP contribution < -0.4 is 5.32 Å². The Labute approximate surface area is 103 Å². The highest BCUT2D eigenvalue weighted by atomic mass is 16.6. The van der Waals surface area contributed by atoms with Crippen LogP contribution >= 0.6 is 0 Å². The molecule has 5 nitrogen and oxygen atoms in total. The second-order valence-electron chi connectivity index (χ2n) is 4.80. The van der Waals surface area contributed by atoms with Gasteiger partial charge >= 0.3 is 11.9 Å². The number of esters is 2. The monoisotopic (exact) mass is 245 g/mol. The maximum Gasteiger partial charge on any atom is 0.319 e. The number of hydrogen-bond donors (Lipinski definition) is 1. The van der Waals surface area contributed by atoms with Crippen LogP contribution in [-0.4, -0.2) is 37.7 Å². The van der Waals surface area contributed by atoms with Gasteiger partial charge in [-0.2, -0.15) is 0 Å². The first-order valence-corrected chi connectivity index (χ1v) is 5.84. The van der Waals surface area contributed by atoms with E-state index in [4.69, 9.17) is 4.74 Å². The zero-order chi connectivity index (χ0) is 13.3. The summed E-state index contributed by atoms with van der Waals surface area (Å²) in [4.78, 5) is 22.1. The summed E-state index contributed by atoms with van der Waals surface area (Å²) in [5.41, 5.74) is -0.416. The van der Waals surface area contributed by atoms with E-state index in [0.717, 1.165) is 12.8 Å². The number of nitrogens with one attached hydrogen (secondary N) is 1. The van der Waals surface area contributed by atoms with Crippen LogP contribution in [0, 0.1) is 0 Å². The van der Waals surface area contributed by atoms with Crippen molar-refractivity contribution in [2.45, 2.75) is 45.6 Å². The van der Waals surface area contributed by atoms with E-state index >= 15 is 0 Å². The van der Waals surface area contributed by atoms with Gasteiger partial charge in [-0.25, -0.2) is 0 Å². The summed E-state index contributed by atoms with van der Waals surface area (Å²) in [6.07, 6.45) is 2.00. The molecule has 0 fully saturated rings. The zero-order valence-electron chi connectivity index (χ0n) is 11.2. The summed E-state index contributed by atoms with van der Waals surface area (Å²) >= 11 is 0. The number of ether oxygens (including phenoxy) is 2. The van der Waals surface area contributed by atoms with Gasteiger partial charge < -0.3 is 14.8 Å². The molecule has 0 heterocycles. The Balaban J connectivity index is 3.40. The Morgan fingerprint density at radius 1 is 1.12 bits per heavy atom. The molecule has 17 heavy (non-hydrogen) atoms. The number of unbranched alkanes of at least 4 members (excludes halogenated alkanes) is 1. The van der Waals surface area contributed by atoms with E-state index in [2.05, 4.69) is 10.1 Å². The lowest BCUT2D eigenvalue weighted by atomic mass is 10.2. The third kappa shape index (κ3) is 11.2. The van der Waals surface area contributed by atoms with Crippen LogP contribution in [0.25, 0.3) is 0 Å². The second-order valence-corrected chi connectivity index (χ2v) is 4.80. The first-order chi connectivity index (χ1) is 7.85. The fourth-order valence-corrected chi connectivity index (χ4v) is 1.17. The van der Waals surface area contributed by atoms with Crippen LogP contribution in [0.2, 0.25) is 0 Å². The highest BCUT2D eigenvalue weighted by Gasteiger charge is 2.15. The summed E-state index contributed by atoms with van der Waals surface area (Å²) in [7, 11) is 1.35. The first kappa shape index (κ1) is 15.9. The van der Waals surface area contributed by atoms with E-state index < -0.39 is 5.60 Å². The molecule has 100 valence electrons. The van der Waals surface area contributed by atoms with Gasteiger partial charge in [0.05, 0.1) is 13.7 Å². The Kier molecular flexibility index (Phi) is 7.54. The van der Waals surface area contributed by atoms with Crippen molar-refractivity contribution < 1.29 is 19.1 Å². The molecule has 0 aliphatic heterocycles. The fourth-order valence-electron chi connectivity index (χ4n) is 1.17. The summed E-state index contributed by atoms with van der Waals surface area (Å²) in [5.74, 6) is -0.456. The number of rotatable bonds is 7. The minimum Gasteiger partial charge on any atom is -0.468 e. The SMILES string of the molecule is COC(=O)CNCCCCC(=O)OC(C)(C)C. The van der Waals surface area contributed by atoms with Crippen molar-refractivity contribution in [1.29, 1.82) is 0 Å². The highest BCUT2D eigenvalue weighted by Crippen LogP contribution is 2.09. The van der Waals surface area contributed by atoms with Crippen molar-refractivity contribution in [2.24, 2.45) is 0 Å². The minimum atomic E-state index is -0.416. The van der Waals surface area contributed by atoms with Gasteiger partial charge in [0.2, 0.25) is 0 Å². The first-order valence-electron chi connectivity index (χ1n) is 5.84. The molecule has 0 aromatic carbocycles. The van der Waals surface area contributed by atoms with Gasteiger partial charge in [-0.3, -0.25) is 9.59 Å². The van der Waals surface area contributed by atoms with Gasteiger partial charge in [-0.05, 0) is 40.2 Å². The van der Waals surface area contributed by atoms with E-state index in [-0.39, 0.29) is 18.5 Å². The van der Waals surface area contributed by atoms with Crippen LogP contribution in [0.3, 0.4) is 0 Å². The lowest BCUT2D eigenvalue weighted by Crippen LogP contribution is -2.25. The van der Waals surface area contributed by atoms with Gasteiger partial charge in [0.25, 0.3) is 0 Å². The molecule has 1 N–H and O–H groups in total. The predicted octanol–water partition coefficient (Wildman–Crippen LogP) is 1.26. The topological polar surface area (TPSA) is 64.6 Å². The third-order valence-corrected chi connectivity index (χ3v) is 1.90. The van der Waals surface area contributed by atoms with Crippen LogP contribution in [0.4, 0.5) is 0 Å². The minimum absolute atomic E-state index is 0.175. The van der Waals surface area contributed by atoms with E-state index in [1.54, 1.807) is 0 Å². The van der Waals surface area contributed by atoms with Crippen molar-refractivity contribution in [1.82, 2.24) is 5.32 Å². The van der Waals surface area contributed by atoms with E-state index in [0.29, 0.717) is 13.0 Å². The van der Waals surface area contributed by atoms with Crippen LogP contribution in [0.5, 0.6) is 0 Å². The van der Waals surface area contributed by atoms with Gasteiger partial charge in [0.1, 0.15) is 5.60 Å². The molecule has 0 aliphatic carbocycles. The van der Waals surface area contributed by atoms with Crippen LogP contribution in [0.15, 0.2) is 0 Å². The lowest BCUT2D eigenvalue weighted by Gasteiger charge is -2.19. The molecule has 0 bridgehead atoms. The third-order valence-electron chi connectivity index (χ3n) is 1.90. The number of methoxy groups -OCH3 is 1. The zero-order valence-corrected chi connectivity index (χ0v) is 11.2. The molecule has 0 saturated carbocycles. The molecule has 0 saturated heterocycles. The average Bonchev–Trinajstić information content (AvgIpc) is 2.20. The molecule has 5 heteroatoms. The Morgan fingerprint density at radius 2 is 1.76 bits per heavy atom. The van der Waals surface area contributed by atoms with Crippen molar-refractivity contribution in [3.05, 3.63) is 0 Å². The van der Waals surface area contributed by atoms with Gasteiger partial charge in [-0.15, -0.1) is 0 Å². The predicted molar refractivity (Wildman–Crippen MR) is 64.6 cm³/mol. The summed E-state index contributed by atoms with van der Waals surface area (Å²) in [6, 6.07) is 0. The van der Waals surface area contributed by atoms with Gasteiger partial charge in [0, 0.05) is 6.42 Å².